The number of hydrogen-bond acceptors (Lipinski definition) is 6. The highest BCUT2D eigenvalue weighted by molar-refractivity contribution is 5.95. The Bertz CT molecular complexity index is 787. The summed E-state index contributed by atoms with van der Waals surface area (Å²) in [7, 11) is 1.36. The van der Waals surface area contributed by atoms with E-state index in [4.69, 9.17) is 9.47 Å². The highest BCUT2D eigenvalue weighted by Crippen LogP contribution is 2.30. The van der Waals surface area contributed by atoms with E-state index in [1.807, 2.05) is 32.0 Å². The first-order valence-electron chi connectivity index (χ1n) is 9.96. The van der Waals surface area contributed by atoms with Crippen LogP contribution in [0.5, 0.6) is 0 Å². The summed E-state index contributed by atoms with van der Waals surface area (Å²) in [6.07, 6.45) is 0. The van der Waals surface area contributed by atoms with Crippen LogP contribution in [0.4, 0.5) is 4.79 Å². The minimum absolute atomic E-state index is 0.325. The summed E-state index contributed by atoms with van der Waals surface area (Å²) in [6, 6.07) is 5.13. The van der Waals surface area contributed by atoms with Crippen LogP contribution in [0.3, 0.4) is 0 Å². The lowest BCUT2D eigenvalue weighted by Gasteiger charge is -2.31. The Morgan fingerprint density at radius 3 is 2.79 bits per heavy atom. The number of esters is 1. The molecule has 0 aromatic heterocycles. The first kappa shape index (κ1) is 21.3. The number of aryl methyl sites for hydroxylation is 2. The second-order valence-corrected chi connectivity index (χ2v) is 7.41. The molecule has 3 N–H and O–H groups in total. The highest BCUT2D eigenvalue weighted by atomic mass is 16.5. The third-order valence-corrected chi connectivity index (χ3v) is 5.31. The van der Waals surface area contributed by atoms with E-state index in [1.165, 1.54) is 7.11 Å². The standard InChI is InChI=1S/C21H30N4O4/c1-14-4-5-15(2)16(12-14)19-18(20(26)28-3)17(23-21(27)24-19)13-22-6-7-25-8-10-29-11-9-25/h4-5,12,19,22H,6-11,13H2,1-3H3,(H2,23,24,27). The first-order chi connectivity index (χ1) is 14.0. The molecule has 3 rings (SSSR count). The summed E-state index contributed by atoms with van der Waals surface area (Å²) in [5.74, 6) is -0.451. The quantitative estimate of drug-likeness (QED) is 0.466. The number of nitrogens with zero attached hydrogens (tertiary/aromatic N) is 1. The molecule has 2 amide bonds. The Morgan fingerprint density at radius 2 is 2.07 bits per heavy atom. The van der Waals surface area contributed by atoms with Gasteiger partial charge in [0.05, 0.1) is 31.9 Å². The molecule has 2 heterocycles. The van der Waals surface area contributed by atoms with Crippen LogP contribution in [0.2, 0.25) is 0 Å². The van der Waals surface area contributed by atoms with Crippen molar-refractivity contribution < 1.29 is 19.1 Å². The Labute approximate surface area is 171 Å². The molecule has 1 aromatic carbocycles. The van der Waals surface area contributed by atoms with Gasteiger partial charge in [-0.25, -0.2) is 9.59 Å². The maximum absolute atomic E-state index is 12.6. The number of hydrogen-bond donors (Lipinski definition) is 3. The van der Waals surface area contributed by atoms with Gasteiger partial charge in [0.25, 0.3) is 0 Å². The molecule has 1 saturated heterocycles. The third kappa shape index (κ3) is 5.35. The second kappa shape index (κ2) is 9.87. The number of benzene rings is 1. The monoisotopic (exact) mass is 402 g/mol. The van der Waals surface area contributed by atoms with Gasteiger partial charge in [-0.3, -0.25) is 4.90 Å². The Hall–Kier alpha value is -2.42. The van der Waals surface area contributed by atoms with Gasteiger partial charge in [0.1, 0.15) is 0 Å². The Morgan fingerprint density at radius 1 is 1.31 bits per heavy atom. The van der Waals surface area contributed by atoms with Crippen LogP contribution in [0, 0.1) is 13.8 Å². The zero-order chi connectivity index (χ0) is 20.8. The van der Waals surface area contributed by atoms with Gasteiger partial charge in [-0.15, -0.1) is 0 Å². The van der Waals surface area contributed by atoms with Gasteiger partial charge in [-0.2, -0.15) is 0 Å². The third-order valence-electron chi connectivity index (χ3n) is 5.31. The van der Waals surface area contributed by atoms with Crippen molar-refractivity contribution in [3.8, 4) is 0 Å². The zero-order valence-corrected chi connectivity index (χ0v) is 17.3. The molecule has 1 atom stereocenters. The fourth-order valence-electron chi connectivity index (χ4n) is 3.69. The van der Waals surface area contributed by atoms with Crippen molar-refractivity contribution in [2.24, 2.45) is 0 Å². The van der Waals surface area contributed by atoms with E-state index >= 15 is 0 Å². The molecule has 1 fully saturated rings. The van der Waals surface area contributed by atoms with E-state index < -0.39 is 12.0 Å². The van der Waals surface area contributed by atoms with E-state index in [0.717, 1.165) is 56.1 Å². The molecule has 2 aliphatic rings. The van der Waals surface area contributed by atoms with E-state index in [-0.39, 0.29) is 6.03 Å². The van der Waals surface area contributed by atoms with Crippen molar-refractivity contribution in [3.05, 3.63) is 46.2 Å². The number of methoxy groups -OCH3 is 1. The van der Waals surface area contributed by atoms with Crippen molar-refractivity contribution in [2.75, 3.05) is 53.0 Å². The van der Waals surface area contributed by atoms with Crippen LogP contribution in [0.25, 0.3) is 0 Å². The van der Waals surface area contributed by atoms with Gasteiger partial charge in [0, 0.05) is 38.4 Å². The van der Waals surface area contributed by atoms with Crippen LogP contribution in [0.15, 0.2) is 29.5 Å². The number of nitrogens with one attached hydrogen (secondary N) is 3. The molecule has 8 heteroatoms. The van der Waals surface area contributed by atoms with Crippen molar-refractivity contribution >= 4 is 12.0 Å². The van der Waals surface area contributed by atoms with Gasteiger partial charge in [-0.1, -0.05) is 23.8 Å². The predicted molar refractivity (Wildman–Crippen MR) is 109 cm³/mol. The molecule has 1 unspecified atom stereocenters. The first-order valence-corrected chi connectivity index (χ1v) is 9.96. The molecule has 0 saturated carbocycles. The summed E-state index contributed by atoms with van der Waals surface area (Å²) >= 11 is 0. The highest BCUT2D eigenvalue weighted by Gasteiger charge is 2.34. The Kier molecular flexibility index (Phi) is 7.24. The molecule has 1 aromatic rings. The van der Waals surface area contributed by atoms with E-state index in [0.29, 0.717) is 17.8 Å². The molecule has 158 valence electrons. The van der Waals surface area contributed by atoms with Crippen LogP contribution in [0.1, 0.15) is 22.7 Å². The number of carbonyl (C=O) groups is 2. The topological polar surface area (TPSA) is 91.9 Å². The Balaban J connectivity index is 1.78. The fourth-order valence-corrected chi connectivity index (χ4v) is 3.69. The predicted octanol–water partition coefficient (Wildman–Crippen LogP) is 1.01. The molecule has 29 heavy (non-hydrogen) atoms. The molecule has 2 aliphatic heterocycles. The number of rotatable bonds is 7. The molecule has 8 nitrogen and oxygen atoms in total. The zero-order valence-electron chi connectivity index (χ0n) is 17.3. The average molecular weight is 402 g/mol. The SMILES string of the molecule is COC(=O)C1=C(CNCCN2CCOCC2)NC(=O)NC1c1cc(C)ccc1C. The van der Waals surface area contributed by atoms with Crippen molar-refractivity contribution in [1.29, 1.82) is 0 Å². The summed E-state index contributed by atoms with van der Waals surface area (Å²) in [5.41, 5.74) is 3.94. The minimum Gasteiger partial charge on any atom is -0.466 e. The van der Waals surface area contributed by atoms with Gasteiger partial charge in [0.2, 0.25) is 0 Å². The fraction of sp³-hybridized carbons (Fsp3) is 0.524. The van der Waals surface area contributed by atoms with Gasteiger partial charge in [0.15, 0.2) is 0 Å². The lowest BCUT2D eigenvalue weighted by molar-refractivity contribution is -0.136. The van der Waals surface area contributed by atoms with Gasteiger partial charge >= 0.3 is 12.0 Å². The lowest BCUT2D eigenvalue weighted by Crippen LogP contribution is -2.48. The smallest absolute Gasteiger partial charge is 0.338 e. The lowest BCUT2D eigenvalue weighted by atomic mass is 9.91. The van der Waals surface area contributed by atoms with Crippen molar-refractivity contribution in [2.45, 2.75) is 19.9 Å². The number of urea groups is 1. The molecular weight excluding hydrogens is 372 g/mol. The van der Waals surface area contributed by atoms with E-state index in [2.05, 4.69) is 20.9 Å². The molecular formula is C21H30N4O4. The maximum atomic E-state index is 12.6. The van der Waals surface area contributed by atoms with Crippen LogP contribution in [-0.2, 0) is 14.3 Å². The van der Waals surface area contributed by atoms with Gasteiger partial charge in [-0.05, 0) is 25.0 Å². The molecule has 0 aliphatic carbocycles. The largest absolute Gasteiger partial charge is 0.466 e. The number of morpholine rings is 1. The number of amides is 2. The minimum atomic E-state index is -0.549. The van der Waals surface area contributed by atoms with E-state index in [9.17, 15) is 9.59 Å². The maximum Gasteiger partial charge on any atom is 0.338 e. The van der Waals surface area contributed by atoms with Crippen molar-refractivity contribution in [1.82, 2.24) is 20.9 Å². The molecule has 0 radical (unpaired) electrons. The van der Waals surface area contributed by atoms with Crippen LogP contribution < -0.4 is 16.0 Å². The normalized spacial score (nSPS) is 20.2. The number of carbonyl (C=O) groups excluding carboxylic acids is 2. The van der Waals surface area contributed by atoms with Gasteiger partial charge < -0.3 is 25.4 Å². The summed E-state index contributed by atoms with van der Waals surface area (Å²) in [6.45, 7) is 9.34. The molecule has 0 spiro atoms. The van der Waals surface area contributed by atoms with Crippen molar-refractivity contribution in [3.63, 3.8) is 0 Å². The van der Waals surface area contributed by atoms with Crippen LogP contribution in [-0.4, -0.2) is 69.9 Å². The van der Waals surface area contributed by atoms with Crippen LogP contribution >= 0.6 is 0 Å². The molecule has 0 bridgehead atoms. The number of ether oxygens (including phenoxy) is 2. The summed E-state index contributed by atoms with van der Waals surface area (Å²) in [4.78, 5) is 27.3. The van der Waals surface area contributed by atoms with E-state index in [1.54, 1.807) is 0 Å². The second-order valence-electron chi connectivity index (χ2n) is 7.41. The summed E-state index contributed by atoms with van der Waals surface area (Å²) < 4.78 is 10.4. The summed E-state index contributed by atoms with van der Waals surface area (Å²) in [5, 5.41) is 9.01. The average Bonchev–Trinajstić information content (AvgIpc) is 2.72.